The van der Waals surface area contributed by atoms with Crippen molar-refractivity contribution in [1.29, 1.82) is 0 Å². The van der Waals surface area contributed by atoms with Gasteiger partial charge < -0.3 is 4.74 Å². The summed E-state index contributed by atoms with van der Waals surface area (Å²) in [5, 5.41) is 0.239. The van der Waals surface area contributed by atoms with Crippen LogP contribution in [0.4, 0.5) is 0 Å². The SMILES string of the molecule is CC(=O)c1cc(Cl)nc(Oc2ccccc2)c1. The van der Waals surface area contributed by atoms with E-state index in [1.807, 2.05) is 18.2 Å². The minimum Gasteiger partial charge on any atom is -0.439 e. The highest BCUT2D eigenvalue weighted by Gasteiger charge is 2.06. The number of Topliss-reactive ketones (excluding diaryl/α,β-unsaturated/α-hetero) is 1. The molecule has 0 aliphatic heterocycles. The van der Waals surface area contributed by atoms with E-state index in [0.29, 0.717) is 17.2 Å². The minimum atomic E-state index is -0.0767. The van der Waals surface area contributed by atoms with Crippen LogP contribution in [0.2, 0.25) is 5.15 Å². The number of ketones is 1. The van der Waals surface area contributed by atoms with E-state index in [1.54, 1.807) is 18.2 Å². The van der Waals surface area contributed by atoms with Gasteiger partial charge in [-0.1, -0.05) is 29.8 Å². The van der Waals surface area contributed by atoms with Gasteiger partial charge in [-0.2, -0.15) is 0 Å². The molecular weight excluding hydrogens is 238 g/mol. The molecule has 0 spiro atoms. The molecule has 0 radical (unpaired) electrons. The number of ether oxygens (including phenoxy) is 1. The number of benzene rings is 1. The molecule has 0 saturated carbocycles. The van der Waals surface area contributed by atoms with Crippen molar-refractivity contribution < 1.29 is 9.53 Å². The normalized spacial score (nSPS) is 10.0. The smallest absolute Gasteiger partial charge is 0.221 e. The number of hydrogen-bond donors (Lipinski definition) is 0. The van der Waals surface area contributed by atoms with Crippen LogP contribution < -0.4 is 4.74 Å². The molecule has 3 nitrogen and oxygen atoms in total. The third-order valence-electron chi connectivity index (χ3n) is 2.14. The fourth-order valence-corrected chi connectivity index (χ4v) is 1.54. The van der Waals surface area contributed by atoms with Crippen molar-refractivity contribution in [2.24, 2.45) is 0 Å². The molecule has 2 aromatic rings. The van der Waals surface area contributed by atoms with Gasteiger partial charge in [-0.05, 0) is 25.1 Å². The second kappa shape index (κ2) is 4.97. The monoisotopic (exact) mass is 247 g/mol. The third kappa shape index (κ3) is 3.04. The number of hydrogen-bond acceptors (Lipinski definition) is 3. The lowest BCUT2D eigenvalue weighted by Gasteiger charge is -2.06. The van der Waals surface area contributed by atoms with Crippen LogP contribution in [0.3, 0.4) is 0 Å². The lowest BCUT2D eigenvalue weighted by molar-refractivity contribution is 0.101. The molecular formula is C13H10ClNO2. The van der Waals surface area contributed by atoms with Crippen LogP contribution in [0.5, 0.6) is 11.6 Å². The van der Waals surface area contributed by atoms with Gasteiger partial charge in [0, 0.05) is 11.6 Å². The first-order valence-electron chi connectivity index (χ1n) is 5.06. The van der Waals surface area contributed by atoms with E-state index in [-0.39, 0.29) is 10.9 Å². The first-order valence-corrected chi connectivity index (χ1v) is 5.44. The Bertz CT molecular complexity index is 540. The Balaban J connectivity index is 2.30. The Labute approximate surface area is 104 Å². The summed E-state index contributed by atoms with van der Waals surface area (Å²) in [6, 6.07) is 12.3. The summed E-state index contributed by atoms with van der Waals surface area (Å²) < 4.78 is 5.50. The molecule has 1 heterocycles. The van der Waals surface area contributed by atoms with Gasteiger partial charge in [0.25, 0.3) is 0 Å². The molecule has 86 valence electrons. The number of nitrogens with zero attached hydrogens (tertiary/aromatic N) is 1. The van der Waals surface area contributed by atoms with Crippen LogP contribution in [-0.4, -0.2) is 10.8 Å². The quantitative estimate of drug-likeness (QED) is 0.613. The van der Waals surface area contributed by atoms with E-state index in [1.165, 1.54) is 13.0 Å². The number of carbonyl (C=O) groups is 1. The molecule has 0 amide bonds. The molecule has 0 bridgehead atoms. The largest absolute Gasteiger partial charge is 0.439 e. The fraction of sp³-hybridized carbons (Fsp3) is 0.0769. The number of pyridine rings is 1. The van der Waals surface area contributed by atoms with Gasteiger partial charge in [-0.3, -0.25) is 4.79 Å². The number of halogens is 1. The standard InChI is InChI=1S/C13H10ClNO2/c1-9(16)10-7-12(14)15-13(8-10)17-11-5-3-2-4-6-11/h2-8H,1H3. The minimum absolute atomic E-state index is 0.0767. The molecule has 0 atom stereocenters. The molecule has 0 aliphatic carbocycles. The molecule has 0 fully saturated rings. The van der Waals surface area contributed by atoms with Crippen molar-refractivity contribution >= 4 is 17.4 Å². The van der Waals surface area contributed by atoms with Crippen molar-refractivity contribution in [2.75, 3.05) is 0 Å². The highest BCUT2D eigenvalue weighted by molar-refractivity contribution is 6.29. The van der Waals surface area contributed by atoms with Crippen LogP contribution in [0.15, 0.2) is 42.5 Å². The van der Waals surface area contributed by atoms with E-state index in [9.17, 15) is 4.79 Å². The second-order valence-corrected chi connectivity index (χ2v) is 3.88. The van der Waals surface area contributed by atoms with Crippen LogP contribution in [-0.2, 0) is 0 Å². The Kier molecular flexibility index (Phi) is 3.40. The second-order valence-electron chi connectivity index (χ2n) is 3.49. The first kappa shape index (κ1) is 11.6. The predicted molar refractivity (Wildman–Crippen MR) is 65.8 cm³/mol. The highest BCUT2D eigenvalue weighted by Crippen LogP contribution is 2.22. The maximum Gasteiger partial charge on any atom is 0.221 e. The molecule has 1 aromatic carbocycles. The summed E-state index contributed by atoms with van der Waals surface area (Å²) in [4.78, 5) is 15.3. The average Bonchev–Trinajstić information content (AvgIpc) is 2.29. The van der Waals surface area contributed by atoms with Gasteiger partial charge in [0.2, 0.25) is 5.88 Å². The maximum absolute atomic E-state index is 11.3. The highest BCUT2D eigenvalue weighted by atomic mass is 35.5. The van der Waals surface area contributed by atoms with E-state index in [0.717, 1.165) is 0 Å². The Morgan fingerprint density at radius 1 is 1.24 bits per heavy atom. The number of carbonyl (C=O) groups excluding carboxylic acids is 1. The summed E-state index contributed by atoms with van der Waals surface area (Å²) in [5.74, 6) is 0.887. The van der Waals surface area contributed by atoms with Crippen molar-refractivity contribution in [3.8, 4) is 11.6 Å². The van der Waals surface area contributed by atoms with Gasteiger partial charge in [-0.25, -0.2) is 4.98 Å². The predicted octanol–water partition coefficient (Wildman–Crippen LogP) is 3.73. The molecule has 17 heavy (non-hydrogen) atoms. The molecule has 1 aromatic heterocycles. The molecule has 0 saturated heterocycles. The first-order chi connectivity index (χ1) is 8.15. The van der Waals surface area contributed by atoms with E-state index >= 15 is 0 Å². The molecule has 2 rings (SSSR count). The van der Waals surface area contributed by atoms with Gasteiger partial charge in [0.1, 0.15) is 10.9 Å². The van der Waals surface area contributed by atoms with Crippen LogP contribution in [0.25, 0.3) is 0 Å². The maximum atomic E-state index is 11.3. The summed E-state index contributed by atoms with van der Waals surface area (Å²) in [5.41, 5.74) is 0.482. The third-order valence-corrected chi connectivity index (χ3v) is 2.34. The van der Waals surface area contributed by atoms with Crippen LogP contribution in [0.1, 0.15) is 17.3 Å². The summed E-state index contributed by atoms with van der Waals surface area (Å²) in [6.45, 7) is 1.47. The van der Waals surface area contributed by atoms with Crippen molar-refractivity contribution in [2.45, 2.75) is 6.92 Å². The van der Waals surface area contributed by atoms with Gasteiger partial charge in [0.15, 0.2) is 5.78 Å². The molecule has 0 aliphatic rings. The topological polar surface area (TPSA) is 39.2 Å². The number of para-hydroxylation sites is 1. The van der Waals surface area contributed by atoms with Gasteiger partial charge >= 0.3 is 0 Å². The summed E-state index contributed by atoms with van der Waals surface area (Å²) in [6.07, 6.45) is 0. The fourth-order valence-electron chi connectivity index (χ4n) is 1.34. The Hall–Kier alpha value is -1.87. The number of aromatic nitrogens is 1. The van der Waals surface area contributed by atoms with Gasteiger partial charge in [0.05, 0.1) is 0 Å². The van der Waals surface area contributed by atoms with Crippen molar-refractivity contribution in [3.05, 3.63) is 53.2 Å². The molecule has 0 N–H and O–H groups in total. The van der Waals surface area contributed by atoms with Crippen LogP contribution in [0, 0.1) is 0 Å². The van der Waals surface area contributed by atoms with Crippen molar-refractivity contribution in [3.63, 3.8) is 0 Å². The van der Waals surface area contributed by atoms with E-state index < -0.39 is 0 Å². The van der Waals surface area contributed by atoms with E-state index in [4.69, 9.17) is 16.3 Å². The zero-order chi connectivity index (χ0) is 12.3. The zero-order valence-corrected chi connectivity index (χ0v) is 9.94. The lowest BCUT2D eigenvalue weighted by Crippen LogP contribution is -1.95. The molecule has 0 unspecified atom stereocenters. The van der Waals surface area contributed by atoms with Crippen LogP contribution >= 0.6 is 11.6 Å². The average molecular weight is 248 g/mol. The summed E-state index contributed by atoms with van der Waals surface area (Å²) in [7, 11) is 0. The number of rotatable bonds is 3. The summed E-state index contributed by atoms with van der Waals surface area (Å²) >= 11 is 5.82. The Morgan fingerprint density at radius 2 is 1.94 bits per heavy atom. The molecule has 4 heteroatoms. The zero-order valence-electron chi connectivity index (χ0n) is 9.18. The van der Waals surface area contributed by atoms with E-state index in [2.05, 4.69) is 4.98 Å². The van der Waals surface area contributed by atoms with Crippen molar-refractivity contribution in [1.82, 2.24) is 4.98 Å². The Morgan fingerprint density at radius 3 is 2.59 bits per heavy atom. The van der Waals surface area contributed by atoms with Gasteiger partial charge in [-0.15, -0.1) is 0 Å². The lowest BCUT2D eigenvalue weighted by atomic mass is 10.2.